The van der Waals surface area contributed by atoms with Crippen molar-refractivity contribution in [2.75, 3.05) is 10.2 Å². The third kappa shape index (κ3) is 2.37. The smallest absolute Gasteiger partial charge is 0.0734 e. The van der Waals surface area contributed by atoms with E-state index in [1.807, 2.05) is 0 Å². The van der Waals surface area contributed by atoms with Gasteiger partial charge in [-0.1, -0.05) is 97.1 Å². The van der Waals surface area contributed by atoms with Crippen molar-refractivity contribution in [2.24, 2.45) is 0 Å². The van der Waals surface area contributed by atoms with Crippen molar-refractivity contribution < 1.29 is 0 Å². The Kier molecular flexibility index (Phi) is 4.24. The third-order valence-corrected chi connectivity index (χ3v) is 6.30. The van der Waals surface area contributed by atoms with E-state index in [4.69, 9.17) is 0 Å². The van der Waals surface area contributed by atoms with Crippen LogP contribution in [0.25, 0.3) is 11.1 Å². The zero-order valence-electron chi connectivity index (χ0n) is 15.6. The summed E-state index contributed by atoms with van der Waals surface area (Å²) in [6, 6.07) is 37.4. The molecule has 136 valence electrons. The first kappa shape index (κ1) is 17.5. The Bertz CT molecular complexity index is 1090. The predicted molar refractivity (Wildman–Crippen MR) is 126 cm³/mol. The summed E-state index contributed by atoms with van der Waals surface area (Å²) in [5, 5.41) is 0. The fourth-order valence-corrected chi connectivity index (χ4v) is 5.14. The number of anilines is 1. The summed E-state index contributed by atoms with van der Waals surface area (Å²) in [5.74, 6) is 0. The molecule has 0 spiro atoms. The van der Waals surface area contributed by atoms with Gasteiger partial charge in [-0.05, 0) is 33.9 Å². The minimum Gasteiger partial charge on any atom is -0.318 e. The van der Waals surface area contributed by atoms with Gasteiger partial charge in [-0.15, -0.1) is 0 Å². The monoisotopic (exact) mass is 473 g/mol. The standard InChI is InChI=1S/C26H20IN/c1-28(27)24-18-10-16-22-21-15-8-9-17-23(21)26(25(22)24,19-11-4-2-5-12-19)20-13-6-3-7-14-20/h2-18H,1H3. The van der Waals surface area contributed by atoms with Crippen LogP contribution in [0.1, 0.15) is 22.3 Å². The van der Waals surface area contributed by atoms with Gasteiger partial charge in [0.15, 0.2) is 0 Å². The van der Waals surface area contributed by atoms with Gasteiger partial charge in [0.25, 0.3) is 0 Å². The molecule has 2 heteroatoms. The van der Waals surface area contributed by atoms with E-state index in [0.717, 1.165) is 0 Å². The lowest BCUT2D eigenvalue weighted by Crippen LogP contribution is -2.29. The van der Waals surface area contributed by atoms with Crippen LogP contribution in [-0.2, 0) is 5.41 Å². The molecular formula is C26H20IN. The van der Waals surface area contributed by atoms with Crippen molar-refractivity contribution in [1.82, 2.24) is 0 Å². The van der Waals surface area contributed by atoms with Gasteiger partial charge in [0, 0.05) is 12.6 Å². The van der Waals surface area contributed by atoms with E-state index < -0.39 is 0 Å². The molecule has 1 aliphatic carbocycles. The van der Waals surface area contributed by atoms with E-state index in [9.17, 15) is 0 Å². The molecule has 0 N–H and O–H groups in total. The fraction of sp³-hybridized carbons (Fsp3) is 0.0769. The van der Waals surface area contributed by atoms with Crippen molar-refractivity contribution in [1.29, 1.82) is 0 Å². The van der Waals surface area contributed by atoms with Crippen LogP contribution in [0.2, 0.25) is 0 Å². The van der Waals surface area contributed by atoms with E-state index in [1.165, 1.54) is 39.1 Å². The molecule has 0 aromatic heterocycles. The van der Waals surface area contributed by atoms with Gasteiger partial charge in [-0.25, -0.2) is 0 Å². The first-order chi connectivity index (χ1) is 13.7. The highest BCUT2D eigenvalue weighted by Gasteiger charge is 2.47. The second-order valence-corrected chi connectivity index (χ2v) is 8.65. The third-order valence-electron chi connectivity index (χ3n) is 5.78. The van der Waals surface area contributed by atoms with Gasteiger partial charge in [0.1, 0.15) is 0 Å². The van der Waals surface area contributed by atoms with Crippen LogP contribution in [0.5, 0.6) is 0 Å². The molecule has 4 aromatic rings. The van der Waals surface area contributed by atoms with Crippen LogP contribution in [0, 0.1) is 0 Å². The van der Waals surface area contributed by atoms with E-state index in [0.29, 0.717) is 0 Å². The maximum absolute atomic E-state index is 2.39. The normalized spacial score (nSPS) is 13.6. The molecule has 0 atom stereocenters. The molecule has 0 radical (unpaired) electrons. The molecule has 0 heterocycles. The number of nitrogens with zero attached hydrogens (tertiary/aromatic N) is 1. The molecule has 0 saturated carbocycles. The van der Waals surface area contributed by atoms with Gasteiger partial charge >= 0.3 is 0 Å². The van der Waals surface area contributed by atoms with Crippen LogP contribution < -0.4 is 3.11 Å². The predicted octanol–water partition coefficient (Wildman–Crippen LogP) is 6.84. The molecule has 0 bridgehead atoms. The Morgan fingerprint density at radius 3 is 1.75 bits per heavy atom. The number of halogens is 1. The van der Waals surface area contributed by atoms with Gasteiger partial charge in [0.05, 0.1) is 34.0 Å². The van der Waals surface area contributed by atoms with E-state index in [1.54, 1.807) is 0 Å². The maximum atomic E-state index is 2.39. The Morgan fingerprint density at radius 2 is 1.14 bits per heavy atom. The van der Waals surface area contributed by atoms with Gasteiger partial charge < -0.3 is 3.11 Å². The highest BCUT2D eigenvalue weighted by molar-refractivity contribution is 14.1. The maximum Gasteiger partial charge on any atom is 0.0734 e. The topological polar surface area (TPSA) is 3.24 Å². The van der Waals surface area contributed by atoms with Crippen molar-refractivity contribution in [3.8, 4) is 11.1 Å². The van der Waals surface area contributed by atoms with Crippen LogP contribution in [0.3, 0.4) is 0 Å². The van der Waals surface area contributed by atoms with Crippen LogP contribution in [0.15, 0.2) is 103 Å². The Balaban J connectivity index is 2.01. The quantitative estimate of drug-likeness (QED) is 0.205. The Morgan fingerprint density at radius 1 is 0.607 bits per heavy atom. The first-order valence-corrected chi connectivity index (χ1v) is 10.4. The molecule has 1 aliphatic rings. The summed E-state index contributed by atoms with van der Waals surface area (Å²) in [5.41, 5.74) is 8.90. The fourth-order valence-electron chi connectivity index (χ4n) is 4.74. The molecule has 0 fully saturated rings. The zero-order valence-corrected chi connectivity index (χ0v) is 17.8. The molecule has 28 heavy (non-hydrogen) atoms. The minimum atomic E-state index is -0.329. The summed E-state index contributed by atoms with van der Waals surface area (Å²) >= 11 is 2.39. The molecule has 1 nitrogen and oxygen atoms in total. The van der Waals surface area contributed by atoms with Gasteiger partial charge in [0.2, 0.25) is 0 Å². The second kappa shape index (κ2) is 6.78. The summed E-state index contributed by atoms with van der Waals surface area (Å²) < 4.78 is 2.21. The van der Waals surface area contributed by atoms with E-state index in [2.05, 4.69) is 136 Å². The van der Waals surface area contributed by atoms with Crippen molar-refractivity contribution >= 4 is 28.6 Å². The van der Waals surface area contributed by atoms with Gasteiger partial charge in [-0.2, -0.15) is 0 Å². The van der Waals surface area contributed by atoms with Crippen molar-refractivity contribution in [3.63, 3.8) is 0 Å². The Hall–Kier alpha value is -2.59. The number of fused-ring (bicyclic) bond motifs is 3. The molecule has 0 amide bonds. The van der Waals surface area contributed by atoms with Crippen LogP contribution >= 0.6 is 22.9 Å². The highest BCUT2D eigenvalue weighted by atomic mass is 127. The molecule has 4 aromatic carbocycles. The summed E-state index contributed by atoms with van der Waals surface area (Å²) in [4.78, 5) is 0. The lowest BCUT2D eigenvalue weighted by molar-refractivity contribution is 0.769. The van der Waals surface area contributed by atoms with Gasteiger partial charge in [-0.3, -0.25) is 0 Å². The molecular weight excluding hydrogens is 453 g/mol. The zero-order chi connectivity index (χ0) is 19.1. The molecule has 5 rings (SSSR count). The Labute approximate surface area is 180 Å². The minimum absolute atomic E-state index is 0.329. The van der Waals surface area contributed by atoms with Crippen LogP contribution in [0.4, 0.5) is 5.69 Å². The largest absolute Gasteiger partial charge is 0.318 e. The average molecular weight is 473 g/mol. The highest BCUT2D eigenvalue weighted by Crippen LogP contribution is 2.58. The summed E-state index contributed by atoms with van der Waals surface area (Å²) in [7, 11) is 2.12. The van der Waals surface area contributed by atoms with Crippen molar-refractivity contribution in [3.05, 3.63) is 125 Å². The van der Waals surface area contributed by atoms with Crippen LogP contribution in [-0.4, -0.2) is 7.05 Å². The lowest BCUT2D eigenvalue weighted by Gasteiger charge is -2.35. The molecule has 0 aliphatic heterocycles. The summed E-state index contributed by atoms with van der Waals surface area (Å²) in [6.45, 7) is 0. The number of rotatable bonds is 3. The first-order valence-electron chi connectivity index (χ1n) is 9.48. The van der Waals surface area contributed by atoms with E-state index >= 15 is 0 Å². The second-order valence-electron chi connectivity index (χ2n) is 7.20. The van der Waals surface area contributed by atoms with Crippen molar-refractivity contribution in [2.45, 2.75) is 5.41 Å². The van der Waals surface area contributed by atoms with E-state index in [-0.39, 0.29) is 5.41 Å². The molecule has 0 saturated heterocycles. The number of benzene rings is 4. The lowest BCUT2D eigenvalue weighted by atomic mass is 9.67. The molecule has 0 unspecified atom stereocenters. The number of hydrogen-bond acceptors (Lipinski definition) is 1. The SMILES string of the molecule is CN(I)c1cccc2c1C(c1ccccc1)(c1ccccc1)c1ccccc1-2. The average Bonchev–Trinajstić information content (AvgIpc) is 3.06. The number of hydrogen-bond donors (Lipinski definition) is 0. The summed E-state index contributed by atoms with van der Waals surface area (Å²) in [6.07, 6.45) is 0.